The van der Waals surface area contributed by atoms with Gasteiger partial charge in [-0.05, 0) is 18.3 Å². The maximum atomic E-state index is 10.6. The Labute approximate surface area is 74.6 Å². The fraction of sp³-hybridized carbons (Fsp3) is 0.700. The standard InChI is InChI=1S/C10H18O2/c1-10(2,3)8-6-5-7-9(11)12-4/h5,7H,6,8H2,1-4H3/b7-5+. The molecule has 0 spiro atoms. The van der Waals surface area contributed by atoms with Gasteiger partial charge in [-0.1, -0.05) is 26.8 Å². The lowest BCUT2D eigenvalue weighted by Gasteiger charge is -2.15. The maximum absolute atomic E-state index is 10.6. The fourth-order valence-corrected chi connectivity index (χ4v) is 0.764. The molecule has 0 aliphatic carbocycles. The summed E-state index contributed by atoms with van der Waals surface area (Å²) in [4.78, 5) is 10.6. The molecular weight excluding hydrogens is 152 g/mol. The van der Waals surface area contributed by atoms with Crippen LogP contribution in [0.4, 0.5) is 0 Å². The molecule has 0 saturated carbocycles. The molecule has 70 valence electrons. The van der Waals surface area contributed by atoms with E-state index in [4.69, 9.17) is 0 Å². The van der Waals surface area contributed by atoms with Crippen LogP contribution in [0.5, 0.6) is 0 Å². The zero-order chi connectivity index (χ0) is 9.61. The van der Waals surface area contributed by atoms with Crippen molar-refractivity contribution in [1.82, 2.24) is 0 Å². The summed E-state index contributed by atoms with van der Waals surface area (Å²) < 4.78 is 4.46. The Morgan fingerprint density at radius 3 is 2.42 bits per heavy atom. The maximum Gasteiger partial charge on any atom is 0.330 e. The summed E-state index contributed by atoms with van der Waals surface area (Å²) in [6.07, 6.45) is 5.35. The minimum absolute atomic E-state index is 0.274. The van der Waals surface area contributed by atoms with Gasteiger partial charge in [0, 0.05) is 6.08 Å². The van der Waals surface area contributed by atoms with Crippen molar-refractivity contribution in [3.8, 4) is 0 Å². The second-order valence-electron chi connectivity index (χ2n) is 4.02. The highest BCUT2D eigenvalue weighted by Gasteiger charge is 2.07. The van der Waals surface area contributed by atoms with Gasteiger partial charge in [0.25, 0.3) is 0 Å². The van der Waals surface area contributed by atoms with E-state index in [9.17, 15) is 4.79 Å². The van der Waals surface area contributed by atoms with Crippen molar-refractivity contribution in [1.29, 1.82) is 0 Å². The van der Waals surface area contributed by atoms with Gasteiger partial charge in [-0.3, -0.25) is 0 Å². The first kappa shape index (κ1) is 11.2. The van der Waals surface area contributed by atoms with Crippen LogP contribution in [0, 0.1) is 5.41 Å². The summed E-state index contributed by atoms with van der Waals surface area (Å²) in [5.74, 6) is -0.274. The van der Waals surface area contributed by atoms with Crippen molar-refractivity contribution < 1.29 is 9.53 Å². The highest BCUT2D eigenvalue weighted by molar-refractivity contribution is 5.81. The molecule has 0 aliphatic rings. The minimum Gasteiger partial charge on any atom is -0.466 e. The second-order valence-corrected chi connectivity index (χ2v) is 4.02. The molecule has 0 saturated heterocycles. The molecule has 0 heterocycles. The van der Waals surface area contributed by atoms with Gasteiger partial charge in [-0.15, -0.1) is 0 Å². The third-order valence-electron chi connectivity index (χ3n) is 1.52. The molecule has 0 aromatic rings. The molecule has 2 nitrogen and oxygen atoms in total. The third kappa shape index (κ3) is 7.32. The first-order chi connectivity index (χ1) is 5.45. The molecule has 0 aromatic carbocycles. The van der Waals surface area contributed by atoms with Crippen LogP contribution in [0.15, 0.2) is 12.2 Å². The van der Waals surface area contributed by atoms with Gasteiger partial charge >= 0.3 is 5.97 Å². The summed E-state index contributed by atoms with van der Waals surface area (Å²) in [6, 6.07) is 0. The largest absolute Gasteiger partial charge is 0.466 e. The van der Waals surface area contributed by atoms with Gasteiger partial charge in [0.15, 0.2) is 0 Å². The van der Waals surface area contributed by atoms with Crippen LogP contribution in [0.1, 0.15) is 33.6 Å². The number of carbonyl (C=O) groups is 1. The average Bonchev–Trinajstić information content (AvgIpc) is 1.96. The molecule has 0 fully saturated rings. The normalized spacial score (nSPS) is 12.0. The number of hydrogen-bond donors (Lipinski definition) is 0. The predicted octanol–water partition coefficient (Wildman–Crippen LogP) is 2.54. The lowest BCUT2D eigenvalue weighted by Crippen LogP contribution is -2.03. The highest BCUT2D eigenvalue weighted by Crippen LogP contribution is 2.20. The summed E-state index contributed by atoms with van der Waals surface area (Å²) in [6.45, 7) is 6.54. The molecule has 12 heavy (non-hydrogen) atoms. The first-order valence-electron chi connectivity index (χ1n) is 4.20. The molecule has 0 amide bonds. The van der Waals surface area contributed by atoms with Gasteiger partial charge in [-0.2, -0.15) is 0 Å². The summed E-state index contributed by atoms with van der Waals surface area (Å²) >= 11 is 0. The summed E-state index contributed by atoms with van der Waals surface area (Å²) in [5.41, 5.74) is 0.334. The van der Waals surface area contributed by atoms with Gasteiger partial charge in [0.2, 0.25) is 0 Å². The van der Waals surface area contributed by atoms with E-state index in [-0.39, 0.29) is 5.97 Å². The van der Waals surface area contributed by atoms with Crippen LogP contribution in [0.2, 0.25) is 0 Å². The van der Waals surface area contributed by atoms with Gasteiger partial charge < -0.3 is 4.74 Å². The number of rotatable bonds is 3. The van der Waals surface area contributed by atoms with Crippen molar-refractivity contribution >= 4 is 5.97 Å². The Morgan fingerprint density at radius 2 is 2.00 bits per heavy atom. The van der Waals surface area contributed by atoms with Crippen LogP contribution in [0.25, 0.3) is 0 Å². The van der Waals surface area contributed by atoms with E-state index >= 15 is 0 Å². The van der Waals surface area contributed by atoms with Crippen molar-refractivity contribution in [3.05, 3.63) is 12.2 Å². The molecule has 0 bridgehead atoms. The highest BCUT2D eigenvalue weighted by atomic mass is 16.5. The van der Waals surface area contributed by atoms with Crippen molar-refractivity contribution in [2.24, 2.45) is 5.41 Å². The van der Waals surface area contributed by atoms with Crippen LogP contribution >= 0.6 is 0 Å². The topological polar surface area (TPSA) is 26.3 Å². The average molecular weight is 170 g/mol. The molecular formula is C10H18O2. The quantitative estimate of drug-likeness (QED) is 0.480. The minimum atomic E-state index is -0.274. The Balaban J connectivity index is 3.56. The third-order valence-corrected chi connectivity index (χ3v) is 1.52. The first-order valence-corrected chi connectivity index (χ1v) is 4.20. The van der Waals surface area contributed by atoms with Crippen LogP contribution in [0.3, 0.4) is 0 Å². The van der Waals surface area contributed by atoms with Crippen LogP contribution < -0.4 is 0 Å². The van der Waals surface area contributed by atoms with Crippen molar-refractivity contribution in [2.75, 3.05) is 7.11 Å². The second kappa shape index (κ2) is 4.96. The lowest BCUT2D eigenvalue weighted by molar-refractivity contribution is -0.134. The number of ether oxygens (including phenoxy) is 1. The van der Waals surface area contributed by atoms with Crippen molar-refractivity contribution in [2.45, 2.75) is 33.6 Å². The van der Waals surface area contributed by atoms with Gasteiger partial charge in [0.05, 0.1) is 7.11 Å². The van der Waals surface area contributed by atoms with Crippen LogP contribution in [-0.4, -0.2) is 13.1 Å². The van der Waals surface area contributed by atoms with E-state index in [1.54, 1.807) is 0 Å². The lowest BCUT2D eigenvalue weighted by atomic mass is 9.90. The van der Waals surface area contributed by atoms with E-state index in [1.165, 1.54) is 13.2 Å². The Kier molecular flexibility index (Phi) is 4.64. The van der Waals surface area contributed by atoms with E-state index < -0.39 is 0 Å². The SMILES string of the molecule is COC(=O)/C=C/CCC(C)(C)C. The molecule has 0 aromatic heterocycles. The molecule has 0 atom stereocenters. The Hall–Kier alpha value is -0.790. The zero-order valence-electron chi connectivity index (χ0n) is 8.39. The van der Waals surface area contributed by atoms with Gasteiger partial charge in [-0.25, -0.2) is 4.79 Å². The Morgan fingerprint density at radius 1 is 1.42 bits per heavy atom. The van der Waals surface area contributed by atoms with E-state index in [1.807, 2.05) is 6.08 Å². The molecule has 0 unspecified atom stereocenters. The Bertz CT molecular complexity index is 163. The smallest absolute Gasteiger partial charge is 0.330 e. The molecule has 0 rings (SSSR count). The summed E-state index contributed by atoms with van der Waals surface area (Å²) in [5, 5.41) is 0. The molecule has 2 heteroatoms. The number of carbonyl (C=O) groups excluding carboxylic acids is 1. The monoisotopic (exact) mass is 170 g/mol. The fourth-order valence-electron chi connectivity index (χ4n) is 0.764. The zero-order valence-corrected chi connectivity index (χ0v) is 8.39. The van der Waals surface area contributed by atoms with Gasteiger partial charge in [0.1, 0.15) is 0 Å². The van der Waals surface area contributed by atoms with Crippen molar-refractivity contribution in [3.63, 3.8) is 0 Å². The number of hydrogen-bond acceptors (Lipinski definition) is 2. The predicted molar refractivity (Wildman–Crippen MR) is 49.8 cm³/mol. The van der Waals surface area contributed by atoms with Crippen LogP contribution in [-0.2, 0) is 9.53 Å². The van der Waals surface area contributed by atoms with E-state index in [0.29, 0.717) is 5.41 Å². The molecule has 0 radical (unpaired) electrons. The summed E-state index contributed by atoms with van der Waals surface area (Å²) in [7, 11) is 1.39. The van der Waals surface area contributed by atoms with E-state index in [2.05, 4.69) is 25.5 Å². The number of esters is 1. The van der Waals surface area contributed by atoms with E-state index in [0.717, 1.165) is 12.8 Å². The molecule has 0 N–H and O–H groups in total. The number of methoxy groups -OCH3 is 1. The number of allylic oxidation sites excluding steroid dienone is 1. The molecule has 0 aliphatic heterocycles.